The highest BCUT2D eigenvalue weighted by Crippen LogP contribution is 2.26. The number of hydrogen-bond acceptors (Lipinski definition) is 2. The van der Waals surface area contributed by atoms with E-state index in [9.17, 15) is 9.90 Å². The third-order valence-electron chi connectivity index (χ3n) is 3.13. The molecule has 0 aromatic rings. The Morgan fingerprint density at radius 1 is 1.33 bits per heavy atom. The van der Waals surface area contributed by atoms with Crippen LogP contribution in [0.2, 0.25) is 0 Å². The van der Waals surface area contributed by atoms with E-state index in [4.69, 9.17) is 0 Å². The van der Waals surface area contributed by atoms with Gasteiger partial charge in [-0.25, -0.2) is 0 Å². The van der Waals surface area contributed by atoms with E-state index in [0.717, 1.165) is 19.4 Å². The lowest BCUT2D eigenvalue weighted by Gasteiger charge is -2.28. The average molecular weight is 213 g/mol. The number of rotatable bonds is 5. The lowest BCUT2D eigenvalue weighted by molar-refractivity contribution is -0.141. The predicted molar refractivity (Wildman–Crippen MR) is 60.8 cm³/mol. The van der Waals surface area contributed by atoms with Crippen molar-refractivity contribution in [2.24, 2.45) is 11.8 Å². The van der Waals surface area contributed by atoms with Crippen LogP contribution in [0.15, 0.2) is 0 Å². The van der Waals surface area contributed by atoms with Gasteiger partial charge in [0.15, 0.2) is 0 Å². The van der Waals surface area contributed by atoms with Crippen molar-refractivity contribution in [1.82, 2.24) is 5.32 Å². The average Bonchev–Trinajstić information content (AvgIpc) is 2.18. The van der Waals surface area contributed by atoms with Crippen LogP contribution in [-0.2, 0) is 4.79 Å². The standard InChI is InChI=1S/C12H23NO2/c1-9(2)8-13-11(12(14)15)10-6-4-3-5-7-10/h9-11,13H,3-8H2,1-2H3,(H,14,15). The van der Waals surface area contributed by atoms with E-state index in [1.165, 1.54) is 19.3 Å². The van der Waals surface area contributed by atoms with Crippen LogP contribution in [0.5, 0.6) is 0 Å². The Kier molecular flexibility index (Phi) is 5.09. The quantitative estimate of drug-likeness (QED) is 0.736. The molecule has 0 aliphatic heterocycles. The predicted octanol–water partition coefficient (Wildman–Crippen LogP) is 2.27. The van der Waals surface area contributed by atoms with Crippen molar-refractivity contribution in [3.8, 4) is 0 Å². The van der Waals surface area contributed by atoms with Crippen molar-refractivity contribution >= 4 is 5.97 Å². The Labute approximate surface area is 92.3 Å². The topological polar surface area (TPSA) is 49.3 Å². The van der Waals surface area contributed by atoms with Crippen LogP contribution in [0.25, 0.3) is 0 Å². The molecule has 0 saturated heterocycles. The van der Waals surface area contributed by atoms with E-state index in [2.05, 4.69) is 19.2 Å². The first-order valence-electron chi connectivity index (χ1n) is 6.07. The molecule has 1 aliphatic carbocycles. The van der Waals surface area contributed by atoms with Crippen LogP contribution < -0.4 is 5.32 Å². The second-order valence-electron chi connectivity index (χ2n) is 5.02. The zero-order chi connectivity index (χ0) is 11.3. The summed E-state index contributed by atoms with van der Waals surface area (Å²) in [5.74, 6) is 0.174. The normalized spacial score (nSPS) is 20.5. The number of aliphatic carboxylic acids is 1. The maximum atomic E-state index is 11.1. The maximum absolute atomic E-state index is 11.1. The van der Waals surface area contributed by atoms with Gasteiger partial charge in [0.25, 0.3) is 0 Å². The lowest BCUT2D eigenvalue weighted by atomic mass is 9.84. The molecular formula is C12H23NO2. The zero-order valence-corrected chi connectivity index (χ0v) is 9.83. The van der Waals surface area contributed by atoms with Crippen molar-refractivity contribution in [3.63, 3.8) is 0 Å². The smallest absolute Gasteiger partial charge is 0.320 e. The monoisotopic (exact) mass is 213 g/mol. The Hall–Kier alpha value is -0.570. The van der Waals surface area contributed by atoms with Gasteiger partial charge in [-0.3, -0.25) is 4.79 Å². The number of hydrogen-bond donors (Lipinski definition) is 2. The van der Waals surface area contributed by atoms with Gasteiger partial charge in [0, 0.05) is 0 Å². The summed E-state index contributed by atoms with van der Waals surface area (Å²) in [6.45, 7) is 5.01. The molecule has 3 heteroatoms. The van der Waals surface area contributed by atoms with Gasteiger partial charge in [-0.15, -0.1) is 0 Å². The summed E-state index contributed by atoms with van der Waals surface area (Å²) in [5.41, 5.74) is 0. The Balaban J connectivity index is 2.44. The van der Waals surface area contributed by atoms with Gasteiger partial charge in [0.05, 0.1) is 0 Å². The highest BCUT2D eigenvalue weighted by atomic mass is 16.4. The van der Waals surface area contributed by atoms with Crippen LogP contribution in [0.3, 0.4) is 0 Å². The van der Waals surface area contributed by atoms with E-state index >= 15 is 0 Å². The molecule has 88 valence electrons. The van der Waals surface area contributed by atoms with Gasteiger partial charge in [-0.2, -0.15) is 0 Å². The molecule has 2 N–H and O–H groups in total. The van der Waals surface area contributed by atoms with Gasteiger partial charge in [-0.1, -0.05) is 33.1 Å². The first kappa shape index (κ1) is 12.5. The van der Waals surface area contributed by atoms with Crippen molar-refractivity contribution in [3.05, 3.63) is 0 Å². The number of carboxylic acid groups (broad SMARTS) is 1. The Morgan fingerprint density at radius 3 is 2.40 bits per heavy atom. The molecule has 1 atom stereocenters. The largest absolute Gasteiger partial charge is 0.480 e. The third kappa shape index (κ3) is 4.20. The highest BCUT2D eigenvalue weighted by molar-refractivity contribution is 5.73. The molecule has 15 heavy (non-hydrogen) atoms. The molecule has 3 nitrogen and oxygen atoms in total. The molecular weight excluding hydrogens is 190 g/mol. The molecule has 0 amide bonds. The summed E-state index contributed by atoms with van der Waals surface area (Å²) in [6, 6.07) is -0.326. The molecule has 1 rings (SSSR count). The van der Waals surface area contributed by atoms with E-state index in [1.807, 2.05) is 0 Å². The first-order chi connectivity index (χ1) is 7.11. The third-order valence-corrected chi connectivity index (χ3v) is 3.13. The first-order valence-corrected chi connectivity index (χ1v) is 6.07. The summed E-state index contributed by atoms with van der Waals surface area (Å²) in [5, 5.41) is 12.4. The van der Waals surface area contributed by atoms with Crippen molar-refractivity contribution < 1.29 is 9.90 Å². The van der Waals surface area contributed by atoms with E-state index in [1.54, 1.807) is 0 Å². The fraction of sp³-hybridized carbons (Fsp3) is 0.917. The van der Waals surface area contributed by atoms with Gasteiger partial charge in [0.1, 0.15) is 6.04 Å². The summed E-state index contributed by atoms with van der Waals surface area (Å²) >= 11 is 0. The van der Waals surface area contributed by atoms with Crippen LogP contribution in [-0.4, -0.2) is 23.7 Å². The minimum atomic E-state index is -0.678. The van der Waals surface area contributed by atoms with Gasteiger partial charge >= 0.3 is 5.97 Å². The van der Waals surface area contributed by atoms with E-state index in [0.29, 0.717) is 11.8 Å². The Bertz CT molecular complexity index is 198. The lowest BCUT2D eigenvalue weighted by Crippen LogP contribution is -2.44. The second kappa shape index (κ2) is 6.11. The van der Waals surface area contributed by atoms with Gasteiger partial charge in [0.2, 0.25) is 0 Å². The molecule has 0 aromatic heterocycles. The maximum Gasteiger partial charge on any atom is 0.320 e. The molecule has 1 fully saturated rings. The van der Waals surface area contributed by atoms with Crippen molar-refractivity contribution in [2.75, 3.05) is 6.54 Å². The molecule has 0 heterocycles. The van der Waals surface area contributed by atoms with E-state index in [-0.39, 0.29) is 6.04 Å². The molecule has 1 aliphatic rings. The molecule has 0 aromatic carbocycles. The summed E-state index contributed by atoms with van der Waals surface area (Å²) in [4.78, 5) is 11.1. The van der Waals surface area contributed by atoms with Gasteiger partial charge < -0.3 is 10.4 Å². The number of nitrogens with one attached hydrogen (secondary N) is 1. The molecule has 0 bridgehead atoms. The highest BCUT2D eigenvalue weighted by Gasteiger charge is 2.28. The Morgan fingerprint density at radius 2 is 1.93 bits per heavy atom. The molecule has 1 unspecified atom stereocenters. The summed E-state index contributed by atoms with van der Waals surface area (Å²) in [7, 11) is 0. The van der Waals surface area contributed by atoms with Gasteiger partial charge in [-0.05, 0) is 31.2 Å². The molecule has 0 spiro atoms. The number of carbonyl (C=O) groups is 1. The SMILES string of the molecule is CC(C)CNC(C(=O)O)C1CCCCC1. The van der Waals surface area contributed by atoms with Crippen molar-refractivity contribution in [2.45, 2.75) is 52.0 Å². The van der Waals surface area contributed by atoms with Crippen LogP contribution in [0.4, 0.5) is 0 Å². The minimum absolute atomic E-state index is 0.326. The molecule has 1 saturated carbocycles. The molecule has 0 radical (unpaired) electrons. The second-order valence-corrected chi connectivity index (χ2v) is 5.02. The van der Waals surface area contributed by atoms with E-state index < -0.39 is 5.97 Å². The zero-order valence-electron chi connectivity index (χ0n) is 9.83. The van der Waals surface area contributed by atoms with Crippen LogP contribution in [0.1, 0.15) is 46.0 Å². The summed E-state index contributed by atoms with van der Waals surface area (Å²) < 4.78 is 0. The van der Waals surface area contributed by atoms with Crippen LogP contribution >= 0.6 is 0 Å². The minimum Gasteiger partial charge on any atom is -0.480 e. The fourth-order valence-corrected chi connectivity index (χ4v) is 2.29. The van der Waals surface area contributed by atoms with Crippen LogP contribution in [0, 0.1) is 11.8 Å². The summed E-state index contributed by atoms with van der Waals surface area (Å²) in [6.07, 6.45) is 5.80. The number of carboxylic acids is 1. The fourth-order valence-electron chi connectivity index (χ4n) is 2.29. The van der Waals surface area contributed by atoms with Crippen molar-refractivity contribution in [1.29, 1.82) is 0 Å².